The first-order valence-corrected chi connectivity index (χ1v) is 9.69. The monoisotopic (exact) mass is 466 g/mol. The Morgan fingerprint density at radius 1 is 1.27 bits per heavy atom. The van der Waals surface area contributed by atoms with E-state index in [1.807, 2.05) is 0 Å². The van der Waals surface area contributed by atoms with E-state index in [4.69, 9.17) is 4.74 Å². The zero-order valence-electron chi connectivity index (χ0n) is 15.0. The predicted octanol–water partition coefficient (Wildman–Crippen LogP) is 2.48. The van der Waals surface area contributed by atoms with E-state index in [9.17, 15) is 4.79 Å². The summed E-state index contributed by atoms with van der Waals surface area (Å²) in [5.41, 5.74) is 6.96. The molecule has 1 aliphatic rings. The number of carbonyl (C=O) groups is 1. The zero-order chi connectivity index (χ0) is 18.5. The normalized spacial score (nSPS) is 15.5. The largest absolute Gasteiger partial charge is 0.379 e. The Balaban J connectivity index is 1.64. The number of rotatable bonds is 5. The van der Waals surface area contributed by atoms with Gasteiger partial charge in [-0.3, -0.25) is 9.69 Å². The molecule has 6 nitrogen and oxygen atoms in total. The minimum atomic E-state index is -0.102. The van der Waals surface area contributed by atoms with Crippen LogP contribution in [0.1, 0.15) is 17.0 Å². The Labute approximate surface area is 167 Å². The summed E-state index contributed by atoms with van der Waals surface area (Å²) in [7, 11) is 0. The van der Waals surface area contributed by atoms with Crippen LogP contribution in [0.25, 0.3) is 5.69 Å². The molecule has 0 saturated carbocycles. The quantitative estimate of drug-likeness (QED) is 0.419. The zero-order valence-corrected chi connectivity index (χ0v) is 17.2. The molecule has 1 N–H and O–H groups in total. The number of hydrogen-bond acceptors (Lipinski definition) is 4. The average molecular weight is 466 g/mol. The van der Waals surface area contributed by atoms with E-state index in [0.717, 1.165) is 35.7 Å². The van der Waals surface area contributed by atoms with Crippen LogP contribution in [0.2, 0.25) is 0 Å². The molecule has 0 unspecified atom stereocenters. The molecule has 1 aromatic heterocycles. The van der Waals surface area contributed by atoms with Gasteiger partial charge in [-0.2, -0.15) is 5.10 Å². The molecule has 7 heteroatoms. The highest BCUT2D eigenvalue weighted by Gasteiger charge is 2.14. The number of halogens is 1. The summed E-state index contributed by atoms with van der Waals surface area (Å²) in [6, 6.07) is 10.5. The SMILES string of the molecule is Cc1cc(/C=N\NC(=O)CN2CCOCC2)c(C)n1-c1ccc(I)cc1. The molecule has 0 radical (unpaired) electrons. The maximum absolute atomic E-state index is 12.0. The number of ether oxygens (including phenoxy) is 1. The first-order chi connectivity index (χ1) is 12.5. The van der Waals surface area contributed by atoms with Gasteiger partial charge in [0.2, 0.25) is 0 Å². The van der Waals surface area contributed by atoms with Crippen LogP contribution in [0.4, 0.5) is 0 Å². The third-order valence-electron chi connectivity index (χ3n) is 4.42. The van der Waals surface area contributed by atoms with Crippen LogP contribution in [-0.2, 0) is 9.53 Å². The number of amides is 1. The van der Waals surface area contributed by atoms with Crippen molar-refractivity contribution in [3.05, 3.63) is 50.9 Å². The summed E-state index contributed by atoms with van der Waals surface area (Å²) in [6.45, 7) is 7.41. The molecule has 3 rings (SSSR count). The second kappa shape index (κ2) is 8.79. The number of morpholine rings is 1. The van der Waals surface area contributed by atoms with Crippen LogP contribution in [0.15, 0.2) is 35.4 Å². The average Bonchev–Trinajstić information content (AvgIpc) is 2.90. The third-order valence-corrected chi connectivity index (χ3v) is 5.14. The van der Waals surface area contributed by atoms with Crippen LogP contribution in [0.5, 0.6) is 0 Å². The van der Waals surface area contributed by atoms with E-state index >= 15 is 0 Å². The molecule has 0 spiro atoms. The van der Waals surface area contributed by atoms with Gasteiger partial charge in [-0.05, 0) is 66.8 Å². The fourth-order valence-electron chi connectivity index (χ4n) is 3.08. The Bertz CT molecular complexity index is 793. The molecule has 138 valence electrons. The van der Waals surface area contributed by atoms with Crippen LogP contribution in [0.3, 0.4) is 0 Å². The molecular formula is C19H23IN4O2. The minimum Gasteiger partial charge on any atom is -0.379 e. The molecule has 1 fully saturated rings. The van der Waals surface area contributed by atoms with Gasteiger partial charge >= 0.3 is 0 Å². The molecule has 0 bridgehead atoms. The number of carbonyl (C=O) groups excluding carboxylic acids is 1. The molecule has 2 aromatic rings. The Kier molecular flexibility index (Phi) is 6.44. The number of benzene rings is 1. The second-order valence-electron chi connectivity index (χ2n) is 6.32. The van der Waals surface area contributed by atoms with E-state index in [-0.39, 0.29) is 5.91 Å². The highest BCUT2D eigenvalue weighted by atomic mass is 127. The summed E-state index contributed by atoms with van der Waals surface area (Å²) in [4.78, 5) is 14.1. The number of nitrogens with zero attached hydrogens (tertiary/aromatic N) is 3. The molecule has 2 heterocycles. The summed E-state index contributed by atoms with van der Waals surface area (Å²) < 4.78 is 8.68. The topological polar surface area (TPSA) is 58.9 Å². The Morgan fingerprint density at radius 3 is 2.65 bits per heavy atom. The lowest BCUT2D eigenvalue weighted by Gasteiger charge is -2.25. The Morgan fingerprint density at radius 2 is 1.96 bits per heavy atom. The predicted molar refractivity (Wildman–Crippen MR) is 111 cm³/mol. The van der Waals surface area contributed by atoms with Crippen molar-refractivity contribution in [3.8, 4) is 5.69 Å². The van der Waals surface area contributed by atoms with E-state index in [2.05, 4.69) is 86.8 Å². The third kappa shape index (κ3) is 4.72. The van der Waals surface area contributed by atoms with E-state index in [0.29, 0.717) is 19.8 Å². The highest BCUT2D eigenvalue weighted by Crippen LogP contribution is 2.20. The van der Waals surface area contributed by atoms with E-state index in [1.54, 1.807) is 6.21 Å². The molecule has 1 aromatic carbocycles. The molecule has 0 atom stereocenters. The van der Waals surface area contributed by atoms with Crippen molar-refractivity contribution in [1.29, 1.82) is 0 Å². The van der Waals surface area contributed by atoms with Gasteiger partial charge in [-0.25, -0.2) is 5.43 Å². The molecule has 0 aliphatic carbocycles. The molecule has 1 saturated heterocycles. The fourth-order valence-corrected chi connectivity index (χ4v) is 3.44. The van der Waals surface area contributed by atoms with Crippen molar-refractivity contribution >= 4 is 34.7 Å². The van der Waals surface area contributed by atoms with Gasteiger partial charge < -0.3 is 9.30 Å². The molecule has 26 heavy (non-hydrogen) atoms. The lowest BCUT2D eigenvalue weighted by Crippen LogP contribution is -2.42. The fraction of sp³-hybridized carbons (Fsp3) is 0.368. The number of aromatic nitrogens is 1. The summed E-state index contributed by atoms with van der Waals surface area (Å²) in [5, 5.41) is 4.13. The minimum absolute atomic E-state index is 0.102. The number of aryl methyl sites for hydroxylation is 1. The lowest BCUT2D eigenvalue weighted by atomic mass is 10.2. The van der Waals surface area contributed by atoms with Crippen molar-refractivity contribution in [2.45, 2.75) is 13.8 Å². The molecule has 1 aliphatic heterocycles. The van der Waals surface area contributed by atoms with Crippen molar-refractivity contribution in [2.75, 3.05) is 32.8 Å². The summed E-state index contributed by atoms with van der Waals surface area (Å²) in [5.74, 6) is -0.102. The molecular weight excluding hydrogens is 443 g/mol. The van der Waals surface area contributed by atoms with Crippen LogP contribution >= 0.6 is 22.6 Å². The standard InChI is InChI=1S/C19H23IN4O2/c1-14-11-16(15(2)24(14)18-5-3-17(20)4-6-18)12-21-22-19(25)13-23-7-9-26-10-8-23/h3-6,11-12H,7-10,13H2,1-2H3,(H,22,25)/b21-12-. The van der Waals surface area contributed by atoms with E-state index in [1.165, 1.54) is 3.57 Å². The van der Waals surface area contributed by atoms with Gasteiger partial charge in [-0.1, -0.05) is 0 Å². The second-order valence-corrected chi connectivity index (χ2v) is 7.57. The summed E-state index contributed by atoms with van der Waals surface area (Å²) >= 11 is 2.30. The van der Waals surface area contributed by atoms with Crippen molar-refractivity contribution in [1.82, 2.24) is 14.9 Å². The van der Waals surface area contributed by atoms with Gasteiger partial charge in [0.15, 0.2) is 0 Å². The van der Waals surface area contributed by atoms with Gasteiger partial charge in [0, 0.05) is 39.3 Å². The first kappa shape index (κ1) is 19.1. The van der Waals surface area contributed by atoms with Gasteiger partial charge in [-0.15, -0.1) is 0 Å². The number of hydrazone groups is 1. The van der Waals surface area contributed by atoms with Crippen molar-refractivity contribution in [2.24, 2.45) is 5.10 Å². The van der Waals surface area contributed by atoms with E-state index < -0.39 is 0 Å². The van der Waals surface area contributed by atoms with Crippen molar-refractivity contribution < 1.29 is 9.53 Å². The highest BCUT2D eigenvalue weighted by molar-refractivity contribution is 14.1. The van der Waals surface area contributed by atoms with Crippen LogP contribution < -0.4 is 5.43 Å². The van der Waals surface area contributed by atoms with Gasteiger partial charge in [0.1, 0.15) is 0 Å². The van der Waals surface area contributed by atoms with Gasteiger partial charge in [0.25, 0.3) is 5.91 Å². The van der Waals surface area contributed by atoms with Gasteiger partial charge in [0.05, 0.1) is 26.0 Å². The maximum Gasteiger partial charge on any atom is 0.254 e. The van der Waals surface area contributed by atoms with Crippen LogP contribution in [-0.4, -0.2) is 54.4 Å². The molecule has 1 amide bonds. The lowest BCUT2D eigenvalue weighted by molar-refractivity contribution is -0.123. The number of nitrogens with one attached hydrogen (secondary N) is 1. The first-order valence-electron chi connectivity index (χ1n) is 8.61. The number of hydrogen-bond donors (Lipinski definition) is 1. The summed E-state index contributed by atoms with van der Waals surface area (Å²) in [6.07, 6.45) is 1.71. The van der Waals surface area contributed by atoms with Crippen LogP contribution in [0, 0.1) is 17.4 Å². The smallest absolute Gasteiger partial charge is 0.254 e. The maximum atomic E-state index is 12.0. The Hall–Kier alpha value is -1.71. The van der Waals surface area contributed by atoms with Crippen molar-refractivity contribution in [3.63, 3.8) is 0 Å².